The fraction of sp³-hybridized carbons (Fsp3) is 0.583. The zero-order chi connectivity index (χ0) is 22.6. The van der Waals surface area contributed by atoms with Crippen molar-refractivity contribution in [2.24, 2.45) is 5.73 Å². The lowest BCUT2D eigenvalue weighted by molar-refractivity contribution is -0.117. The number of thiol groups is 1. The molecule has 0 atom stereocenters. The molecule has 1 aliphatic heterocycles. The maximum atomic E-state index is 13.0. The van der Waals surface area contributed by atoms with Crippen LogP contribution in [0.5, 0.6) is 0 Å². The fourth-order valence-electron chi connectivity index (χ4n) is 3.52. The predicted molar refractivity (Wildman–Crippen MR) is 145 cm³/mol. The summed E-state index contributed by atoms with van der Waals surface area (Å²) < 4.78 is 6.13. The minimum absolute atomic E-state index is 0. The largest absolute Gasteiger partial charge is 0.483 e. The molecule has 1 aromatic carbocycles. The van der Waals surface area contributed by atoms with Crippen LogP contribution in [0.2, 0.25) is 0 Å². The number of rotatable bonds is 7. The third-order valence-electron chi connectivity index (χ3n) is 5.07. The van der Waals surface area contributed by atoms with Crippen molar-refractivity contribution in [1.82, 2.24) is 10.2 Å². The van der Waals surface area contributed by atoms with Crippen LogP contribution in [-0.2, 0) is 16.1 Å². The highest BCUT2D eigenvalue weighted by atomic mass is 32.1. The van der Waals surface area contributed by atoms with Crippen molar-refractivity contribution in [2.45, 2.75) is 64.9 Å². The standard InChI is InChI=1S/C20H29N5O2.C3H8S.CH4.2H2O/c21-13-15-5-7-16(8-6-15)24-20(26)19(27-17-3-1-2-4-17)18(14-22)25-11-9-23-10-12-25;1-3(2)4;;;/h5-8,14,17,22-23H,1-4,9-13,21H2,(H,24,26);3-4H,1-2H3;1H4;2*1H2/b19-18-,22-14?;;;;. The first kappa shape index (κ1) is 34.1. The Morgan fingerprint density at radius 1 is 1.24 bits per heavy atom. The van der Waals surface area contributed by atoms with Gasteiger partial charge in [-0.05, 0) is 48.6 Å². The molecule has 9 N–H and O–H groups in total. The SMILES string of the molecule is C.CC(C)S.N=C/C(=C(/OC1CCCC1)C(=O)Nc1ccc(CN)cc1)N1CCNCC1.O.O. The third-order valence-corrected chi connectivity index (χ3v) is 5.07. The quantitative estimate of drug-likeness (QED) is 0.167. The molecule has 196 valence electrons. The summed E-state index contributed by atoms with van der Waals surface area (Å²) in [6.07, 6.45) is 5.43. The van der Waals surface area contributed by atoms with Gasteiger partial charge in [-0.15, -0.1) is 0 Å². The van der Waals surface area contributed by atoms with Gasteiger partial charge in [0.25, 0.3) is 5.91 Å². The Kier molecular flexibility index (Phi) is 18.3. The van der Waals surface area contributed by atoms with E-state index in [-0.39, 0.29) is 36.1 Å². The summed E-state index contributed by atoms with van der Waals surface area (Å²) in [5, 5.41) is 14.6. The Bertz CT molecular complexity index is 729. The van der Waals surface area contributed by atoms with Gasteiger partial charge in [0.1, 0.15) is 5.70 Å². The number of allylic oxidation sites excluding steroid dienone is 1. The van der Waals surface area contributed by atoms with Crippen molar-refractivity contribution < 1.29 is 20.5 Å². The van der Waals surface area contributed by atoms with Gasteiger partial charge in [0.15, 0.2) is 0 Å². The molecule has 3 rings (SSSR count). The zero-order valence-electron chi connectivity index (χ0n) is 19.7. The molecule has 34 heavy (non-hydrogen) atoms. The first-order chi connectivity index (χ1) is 14.9. The lowest BCUT2D eigenvalue weighted by Crippen LogP contribution is -2.44. The monoisotopic (exact) mass is 499 g/mol. The lowest BCUT2D eigenvalue weighted by atomic mass is 10.2. The number of ether oxygens (including phenoxy) is 1. The number of benzene rings is 1. The van der Waals surface area contributed by atoms with Crippen LogP contribution in [0.25, 0.3) is 0 Å². The minimum Gasteiger partial charge on any atom is -0.483 e. The van der Waals surface area contributed by atoms with Gasteiger partial charge in [0, 0.05) is 44.6 Å². The highest BCUT2D eigenvalue weighted by Crippen LogP contribution is 2.26. The number of nitrogens with zero attached hydrogens (tertiary/aromatic N) is 1. The molecule has 1 aliphatic carbocycles. The number of anilines is 1. The average Bonchev–Trinajstić information content (AvgIpc) is 3.28. The van der Waals surface area contributed by atoms with Gasteiger partial charge in [-0.2, -0.15) is 12.6 Å². The van der Waals surface area contributed by atoms with Crippen molar-refractivity contribution in [3.63, 3.8) is 0 Å². The van der Waals surface area contributed by atoms with E-state index in [1.807, 2.05) is 43.0 Å². The molecule has 2 aliphatic rings. The number of carbonyl (C=O) groups is 1. The van der Waals surface area contributed by atoms with Crippen LogP contribution in [0.4, 0.5) is 5.69 Å². The van der Waals surface area contributed by atoms with Crippen molar-refractivity contribution >= 4 is 30.4 Å². The Labute approximate surface area is 210 Å². The summed E-state index contributed by atoms with van der Waals surface area (Å²) in [5.74, 6) is -0.0545. The maximum Gasteiger partial charge on any atom is 0.293 e. The van der Waals surface area contributed by atoms with Crippen molar-refractivity contribution in [1.29, 1.82) is 5.41 Å². The number of hydrogen-bond donors (Lipinski definition) is 5. The number of hydrogen-bond acceptors (Lipinski definition) is 7. The number of nitrogens with one attached hydrogen (secondary N) is 3. The van der Waals surface area contributed by atoms with Gasteiger partial charge >= 0.3 is 0 Å². The van der Waals surface area contributed by atoms with Crippen LogP contribution in [0.15, 0.2) is 35.7 Å². The summed E-state index contributed by atoms with van der Waals surface area (Å²) in [5.41, 5.74) is 7.88. The number of carbonyl (C=O) groups excluding carboxylic acids is 1. The van der Waals surface area contributed by atoms with Crippen molar-refractivity contribution in [3.8, 4) is 0 Å². The Balaban J connectivity index is 0. The summed E-state index contributed by atoms with van der Waals surface area (Å²) in [6, 6.07) is 7.46. The van der Waals surface area contributed by atoms with Gasteiger partial charge in [0.05, 0.1) is 6.10 Å². The highest BCUT2D eigenvalue weighted by Gasteiger charge is 2.26. The fourth-order valence-corrected chi connectivity index (χ4v) is 3.52. The second-order valence-corrected chi connectivity index (χ2v) is 9.10. The zero-order valence-corrected chi connectivity index (χ0v) is 20.6. The van der Waals surface area contributed by atoms with Crippen LogP contribution in [0, 0.1) is 5.41 Å². The smallest absolute Gasteiger partial charge is 0.293 e. The molecule has 2 fully saturated rings. The molecule has 0 aromatic heterocycles. The first-order valence-electron chi connectivity index (χ1n) is 11.1. The second-order valence-electron chi connectivity index (χ2n) is 8.07. The summed E-state index contributed by atoms with van der Waals surface area (Å²) >= 11 is 3.97. The molecule has 1 amide bonds. The lowest BCUT2D eigenvalue weighted by Gasteiger charge is -2.31. The molecule has 1 heterocycles. The van der Waals surface area contributed by atoms with E-state index in [0.29, 0.717) is 23.2 Å². The Morgan fingerprint density at radius 3 is 2.24 bits per heavy atom. The van der Waals surface area contributed by atoms with Crippen molar-refractivity contribution in [2.75, 3.05) is 31.5 Å². The van der Waals surface area contributed by atoms with Crippen LogP contribution < -0.4 is 16.4 Å². The minimum atomic E-state index is -0.306. The topological polar surface area (TPSA) is 166 Å². The average molecular weight is 500 g/mol. The molecule has 0 radical (unpaired) electrons. The summed E-state index contributed by atoms with van der Waals surface area (Å²) in [7, 11) is 0. The molecule has 1 aromatic rings. The third kappa shape index (κ3) is 11.3. The molecule has 0 bridgehead atoms. The highest BCUT2D eigenvalue weighted by molar-refractivity contribution is 7.80. The predicted octanol–water partition coefficient (Wildman–Crippen LogP) is 2.12. The second kappa shape index (κ2) is 18.2. The van der Waals surface area contributed by atoms with E-state index < -0.39 is 0 Å². The molecule has 1 saturated heterocycles. The van der Waals surface area contributed by atoms with Crippen LogP contribution >= 0.6 is 12.6 Å². The maximum absolute atomic E-state index is 13.0. The Hall–Kier alpha value is -2.11. The van der Waals surface area contributed by atoms with Gasteiger partial charge in [-0.25, -0.2) is 0 Å². The molecule has 10 heteroatoms. The van der Waals surface area contributed by atoms with Crippen LogP contribution in [0.3, 0.4) is 0 Å². The van der Waals surface area contributed by atoms with E-state index in [1.54, 1.807) is 0 Å². The molecular weight excluding hydrogens is 454 g/mol. The van der Waals surface area contributed by atoms with Gasteiger partial charge < -0.3 is 42.4 Å². The molecule has 0 unspecified atom stereocenters. The molecule has 1 saturated carbocycles. The van der Waals surface area contributed by atoms with E-state index in [0.717, 1.165) is 57.4 Å². The van der Waals surface area contributed by atoms with Crippen LogP contribution in [0.1, 0.15) is 52.5 Å². The van der Waals surface area contributed by atoms with Gasteiger partial charge in [-0.3, -0.25) is 4.79 Å². The van der Waals surface area contributed by atoms with E-state index in [9.17, 15) is 4.79 Å². The Morgan fingerprint density at radius 2 is 1.76 bits per heavy atom. The number of nitrogens with two attached hydrogens (primary N) is 1. The summed E-state index contributed by atoms with van der Waals surface area (Å²) in [4.78, 5) is 15.1. The first-order valence-corrected chi connectivity index (χ1v) is 11.6. The van der Waals surface area contributed by atoms with Gasteiger partial charge in [0.2, 0.25) is 5.76 Å². The molecular formula is C24H45N5O4S. The summed E-state index contributed by atoms with van der Waals surface area (Å²) in [6.45, 7) is 7.69. The van der Waals surface area contributed by atoms with E-state index in [1.165, 1.54) is 6.21 Å². The molecule has 9 nitrogen and oxygen atoms in total. The van der Waals surface area contributed by atoms with Crippen LogP contribution in [-0.4, -0.2) is 65.5 Å². The normalized spacial score (nSPS) is 16.0. The number of amides is 1. The van der Waals surface area contributed by atoms with Gasteiger partial charge in [-0.1, -0.05) is 33.4 Å². The van der Waals surface area contributed by atoms with E-state index in [4.69, 9.17) is 15.9 Å². The van der Waals surface area contributed by atoms with Crippen molar-refractivity contribution in [3.05, 3.63) is 41.3 Å². The number of piperazine rings is 1. The van der Waals surface area contributed by atoms with E-state index >= 15 is 0 Å². The molecule has 0 spiro atoms. The van der Waals surface area contributed by atoms with E-state index in [2.05, 4.69) is 23.3 Å².